The Morgan fingerprint density at radius 1 is 1.58 bits per heavy atom. The van der Waals surface area contributed by atoms with E-state index in [1.54, 1.807) is 12.1 Å². The molecule has 1 saturated heterocycles. The maximum Gasteiger partial charge on any atom is 0.251 e. The molecule has 5 heteroatoms. The molecule has 1 aromatic carbocycles. The molecular weight excluding hydrogens is 308 g/mol. The van der Waals surface area contributed by atoms with Gasteiger partial charge in [-0.3, -0.25) is 4.79 Å². The van der Waals surface area contributed by atoms with Crippen LogP contribution in [0, 0.1) is 6.92 Å². The van der Waals surface area contributed by atoms with E-state index in [0.29, 0.717) is 23.9 Å². The van der Waals surface area contributed by atoms with Gasteiger partial charge in [-0.05, 0) is 43.9 Å². The first-order valence-electron chi connectivity index (χ1n) is 6.53. The topological polar surface area (TPSA) is 64.4 Å². The van der Waals surface area contributed by atoms with Gasteiger partial charge in [-0.15, -0.1) is 0 Å². The van der Waals surface area contributed by atoms with Crippen LogP contribution in [0.2, 0.25) is 0 Å². The largest absolute Gasteiger partial charge is 0.398 e. The molecule has 1 heterocycles. The van der Waals surface area contributed by atoms with Crippen LogP contribution in [0.15, 0.2) is 16.6 Å². The number of benzene rings is 1. The summed E-state index contributed by atoms with van der Waals surface area (Å²) in [5, 5.41) is 2.93. The van der Waals surface area contributed by atoms with Crippen LogP contribution in [-0.4, -0.2) is 25.2 Å². The van der Waals surface area contributed by atoms with E-state index in [1.165, 1.54) is 0 Å². The normalized spacial score (nSPS) is 18.5. The zero-order chi connectivity index (χ0) is 13.8. The molecular formula is C14H19BrN2O2. The molecule has 1 aliphatic heterocycles. The number of nitrogen functional groups attached to an aromatic ring is 1. The summed E-state index contributed by atoms with van der Waals surface area (Å²) in [7, 11) is 0. The molecule has 0 spiro atoms. The lowest BCUT2D eigenvalue weighted by atomic mass is 10.1. The highest BCUT2D eigenvalue weighted by molar-refractivity contribution is 9.10. The predicted octanol–water partition coefficient (Wildman–Crippen LogP) is 2.64. The second-order valence-corrected chi connectivity index (χ2v) is 5.76. The highest BCUT2D eigenvalue weighted by Gasteiger charge is 2.16. The molecule has 19 heavy (non-hydrogen) atoms. The number of anilines is 1. The van der Waals surface area contributed by atoms with Gasteiger partial charge in [0.2, 0.25) is 0 Å². The van der Waals surface area contributed by atoms with Crippen molar-refractivity contribution >= 4 is 27.5 Å². The van der Waals surface area contributed by atoms with Crippen molar-refractivity contribution in [1.82, 2.24) is 5.32 Å². The number of ether oxygens (including phenoxy) is 1. The SMILES string of the molecule is Cc1c(N)cc(Br)cc1C(=O)NCCC1CCCO1. The molecule has 0 aromatic heterocycles. The summed E-state index contributed by atoms with van der Waals surface area (Å²) in [6.45, 7) is 3.34. The van der Waals surface area contributed by atoms with Crippen molar-refractivity contribution in [3.05, 3.63) is 27.7 Å². The van der Waals surface area contributed by atoms with Crippen molar-refractivity contribution in [2.75, 3.05) is 18.9 Å². The number of halogens is 1. The molecule has 104 valence electrons. The Morgan fingerprint density at radius 2 is 2.37 bits per heavy atom. The van der Waals surface area contributed by atoms with Gasteiger partial charge < -0.3 is 15.8 Å². The van der Waals surface area contributed by atoms with Gasteiger partial charge >= 0.3 is 0 Å². The van der Waals surface area contributed by atoms with Crippen molar-refractivity contribution in [1.29, 1.82) is 0 Å². The van der Waals surface area contributed by atoms with E-state index >= 15 is 0 Å². The van der Waals surface area contributed by atoms with Crippen molar-refractivity contribution in [2.24, 2.45) is 0 Å². The summed E-state index contributed by atoms with van der Waals surface area (Å²) in [5.41, 5.74) is 7.92. The lowest BCUT2D eigenvalue weighted by Crippen LogP contribution is -2.27. The fraction of sp³-hybridized carbons (Fsp3) is 0.500. The van der Waals surface area contributed by atoms with E-state index in [1.807, 2.05) is 6.92 Å². The molecule has 1 atom stereocenters. The van der Waals surface area contributed by atoms with Crippen LogP contribution in [0.25, 0.3) is 0 Å². The minimum absolute atomic E-state index is 0.0801. The number of nitrogens with two attached hydrogens (primary N) is 1. The molecule has 1 unspecified atom stereocenters. The molecule has 2 rings (SSSR count). The third-order valence-electron chi connectivity index (χ3n) is 3.43. The molecule has 1 aliphatic rings. The van der Waals surface area contributed by atoms with Crippen molar-refractivity contribution in [3.63, 3.8) is 0 Å². The predicted molar refractivity (Wildman–Crippen MR) is 79.2 cm³/mol. The van der Waals surface area contributed by atoms with Gasteiger partial charge in [-0.1, -0.05) is 15.9 Å². The molecule has 1 amide bonds. The van der Waals surface area contributed by atoms with Gasteiger partial charge in [0.25, 0.3) is 5.91 Å². The summed E-state index contributed by atoms with van der Waals surface area (Å²) in [6.07, 6.45) is 3.39. The van der Waals surface area contributed by atoms with Crippen LogP contribution in [0.5, 0.6) is 0 Å². The van der Waals surface area contributed by atoms with Crippen molar-refractivity contribution < 1.29 is 9.53 Å². The summed E-state index contributed by atoms with van der Waals surface area (Å²) in [6, 6.07) is 3.60. The van der Waals surface area contributed by atoms with Gasteiger partial charge in [0.15, 0.2) is 0 Å². The quantitative estimate of drug-likeness (QED) is 0.836. The molecule has 0 aliphatic carbocycles. The Bertz CT molecular complexity index is 471. The lowest BCUT2D eigenvalue weighted by molar-refractivity contribution is 0.0906. The third-order valence-corrected chi connectivity index (χ3v) is 3.89. The highest BCUT2D eigenvalue weighted by atomic mass is 79.9. The van der Waals surface area contributed by atoms with E-state index < -0.39 is 0 Å². The van der Waals surface area contributed by atoms with Crippen LogP contribution in [0.3, 0.4) is 0 Å². The minimum Gasteiger partial charge on any atom is -0.398 e. The zero-order valence-corrected chi connectivity index (χ0v) is 12.6. The highest BCUT2D eigenvalue weighted by Crippen LogP contribution is 2.22. The van der Waals surface area contributed by atoms with Crippen LogP contribution >= 0.6 is 15.9 Å². The number of carbonyl (C=O) groups is 1. The van der Waals surface area contributed by atoms with E-state index in [0.717, 1.165) is 35.9 Å². The Kier molecular flexibility index (Phi) is 4.82. The maximum atomic E-state index is 12.1. The number of amides is 1. The first kappa shape index (κ1) is 14.3. The minimum atomic E-state index is -0.0801. The van der Waals surface area contributed by atoms with Crippen LogP contribution in [0.1, 0.15) is 35.2 Å². The third kappa shape index (κ3) is 3.70. The smallest absolute Gasteiger partial charge is 0.251 e. The fourth-order valence-electron chi connectivity index (χ4n) is 2.25. The molecule has 4 nitrogen and oxygen atoms in total. The second-order valence-electron chi connectivity index (χ2n) is 4.85. The zero-order valence-electron chi connectivity index (χ0n) is 11.0. The second kappa shape index (κ2) is 6.39. The Hall–Kier alpha value is -1.07. The van der Waals surface area contributed by atoms with E-state index in [9.17, 15) is 4.79 Å². The fourth-order valence-corrected chi connectivity index (χ4v) is 2.73. The van der Waals surface area contributed by atoms with Crippen LogP contribution in [0.4, 0.5) is 5.69 Å². The standard InChI is InChI=1S/C14H19BrN2O2/c1-9-12(7-10(15)8-13(9)16)14(18)17-5-4-11-3-2-6-19-11/h7-8,11H,2-6,16H2,1H3,(H,17,18). The van der Waals surface area contributed by atoms with E-state index in [4.69, 9.17) is 10.5 Å². The maximum absolute atomic E-state index is 12.1. The average molecular weight is 327 g/mol. The molecule has 0 saturated carbocycles. The summed E-state index contributed by atoms with van der Waals surface area (Å²) < 4.78 is 6.34. The Balaban J connectivity index is 1.92. The van der Waals surface area contributed by atoms with E-state index in [-0.39, 0.29) is 5.91 Å². The van der Waals surface area contributed by atoms with Gasteiger partial charge in [-0.25, -0.2) is 0 Å². The van der Waals surface area contributed by atoms with Crippen LogP contribution < -0.4 is 11.1 Å². The number of hydrogen-bond acceptors (Lipinski definition) is 3. The molecule has 0 radical (unpaired) electrons. The Labute approximate surface area is 121 Å². The molecule has 1 aromatic rings. The summed E-state index contributed by atoms with van der Waals surface area (Å²) >= 11 is 3.36. The molecule has 3 N–H and O–H groups in total. The lowest BCUT2D eigenvalue weighted by Gasteiger charge is -2.12. The van der Waals surface area contributed by atoms with Crippen LogP contribution in [-0.2, 0) is 4.74 Å². The Morgan fingerprint density at radius 3 is 3.05 bits per heavy atom. The summed E-state index contributed by atoms with van der Waals surface area (Å²) in [5.74, 6) is -0.0801. The van der Waals surface area contributed by atoms with Gasteiger partial charge in [0.1, 0.15) is 0 Å². The molecule has 0 bridgehead atoms. The van der Waals surface area contributed by atoms with Gasteiger partial charge in [-0.2, -0.15) is 0 Å². The van der Waals surface area contributed by atoms with Gasteiger partial charge in [0.05, 0.1) is 6.10 Å². The first-order valence-corrected chi connectivity index (χ1v) is 7.32. The van der Waals surface area contributed by atoms with Gasteiger partial charge in [0, 0.05) is 28.9 Å². The average Bonchev–Trinajstić information content (AvgIpc) is 2.86. The first-order chi connectivity index (χ1) is 9.08. The monoisotopic (exact) mass is 326 g/mol. The van der Waals surface area contributed by atoms with E-state index in [2.05, 4.69) is 21.2 Å². The number of hydrogen-bond donors (Lipinski definition) is 2. The van der Waals surface area contributed by atoms with Crippen molar-refractivity contribution in [3.8, 4) is 0 Å². The molecule has 1 fully saturated rings. The number of carbonyl (C=O) groups excluding carboxylic acids is 1. The number of nitrogens with one attached hydrogen (secondary N) is 1. The summed E-state index contributed by atoms with van der Waals surface area (Å²) in [4.78, 5) is 12.1. The van der Waals surface area contributed by atoms with Crippen molar-refractivity contribution in [2.45, 2.75) is 32.3 Å². The number of rotatable bonds is 4.